The number of amides is 12. The zero-order chi connectivity index (χ0) is 76.1. The molecule has 30 heteroatoms. The van der Waals surface area contributed by atoms with Crippen molar-refractivity contribution in [1.82, 2.24) is 65.0 Å². The van der Waals surface area contributed by atoms with Crippen LogP contribution in [-0.4, -0.2) is 257 Å². The Morgan fingerprint density at radius 2 is 1.28 bits per heavy atom. The zero-order valence-corrected chi connectivity index (χ0v) is 63.8. The van der Waals surface area contributed by atoms with Gasteiger partial charge in [0.2, 0.25) is 70.9 Å². The molecule has 2 saturated carbocycles. The molecule has 0 spiro atoms. The summed E-state index contributed by atoms with van der Waals surface area (Å²) in [6.07, 6.45) is 1.60. The minimum Gasteiger partial charge on any atom is -0.347 e. The van der Waals surface area contributed by atoms with Crippen LogP contribution in [0.3, 0.4) is 0 Å². The lowest BCUT2D eigenvalue weighted by molar-refractivity contribution is -0.160. The minimum atomic E-state index is -4.78. The van der Waals surface area contributed by atoms with Crippen molar-refractivity contribution in [3.63, 3.8) is 0 Å². The fraction of sp³-hybridized carbons (Fsp3) is 0.708. The summed E-state index contributed by atoms with van der Waals surface area (Å²) >= 11 is 7.38. The van der Waals surface area contributed by atoms with Crippen LogP contribution < -0.4 is 16.0 Å². The van der Waals surface area contributed by atoms with E-state index in [1.807, 2.05) is 20.8 Å². The molecule has 12 amide bonds. The molecule has 11 atom stereocenters. The summed E-state index contributed by atoms with van der Waals surface area (Å²) in [5.74, 6) is -10.2. The summed E-state index contributed by atoms with van der Waals surface area (Å²) in [7, 11) is 12.7. The number of nitrogens with zero attached hydrogens (tertiary/aromatic N) is 10. The number of likely N-dealkylation sites (N-methyl/N-ethyl adjacent to an activating group) is 8. The second-order valence-corrected chi connectivity index (χ2v) is 30.7. The maximum Gasteiger partial charge on any atom is 0.417 e. The van der Waals surface area contributed by atoms with Gasteiger partial charge in [0.25, 0.3) is 0 Å². The molecular weight excluding hydrogens is 1360 g/mol. The van der Waals surface area contributed by atoms with Crippen LogP contribution in [0.2, 0.25) is 5.02 Å². The second kappa shape index (κ2) is 36.8. The molecule has 3 heterocycles. The number of nitrogens with one attached hydrogen (secondary N) is 3. The van der Waals surface area contributed by atoms with Crippen molar-refractivity contribution in [1.29, 1.82) is 0 Å². The maximum atomic E-state index is 15.5. The van der Waals surface area contributed by atoms with E-state index in [1.165, 1.54) is 123 Å². The van der Waals surface area contributed by atoms with Crippen molar-refractivity contribution >= 4 is 93.8 Å². The Bertz CT molecular complexity index is 3310. The van der Waals surface area contributed by atoms with Gasteiger partial charge in [-0.1, -0.05) is 111 Å². The molecule has 1 aromatic carbocycles. The highest BCUT2D eigenvalue weighted by Gasteiger charge is 2.48. The van der Waals surface area contributed by atoms with E-state index in [0.29, 0.717) is 37.8 Å². The molecule has 1 aromatic heterocycles. The third-order valence-corrected chi connectivity index (χ3v) is 22.3. The molecule has 3 N–H and O–H groups in total. The van der Waals surface area contributed by atoms with Gasteiger partial charge in [0, 0.05) is 81.8 Å². The first-order chi connectivity index (χ1) is 47.8. The van der Waals surface area contributed by atoms with E-state index in [9.17, 15) is 46.7 Å². The predicted molar refractivity (Wildman–Crippen MR) is 379 cm³/mol. The van der Waals surface area contributed by atoms with E-state index in [4.69, 9.17) is 11.6 Å². The summed E-state index contributed by atoms with van der Waals surface area (Å²) < 4.78 is 41.8. The number of halogens is 4. The summed E-state index contributed by atoms with van der Waals surface area (Å²) in [6, 6.07) is -9.80. The lowest BCUT2D eigenvalue weighted by atomic mass is 9.84. The van der Waals surface area contributed by atoms with Crippen LogP contribution in [0.25, 0.3) is 0 Å². The number of thiazole rings is 1. The highest BCUT2D eigenvalue weighted by Crippen LogP contribution is 2.37. The number of hydrogen-bond donors (Lipinski definition) is 3. The average Bonchev–Trinajstić information content (AvgIpc) is 0.834. The number of fused-ring (bicyclic) bond motifs is 1. The van der Waals surface area contributed by atoms with Crippen molar-refractivity contribution in [2.45, 2.75) is 224 Å². The second-order valence-electron chi connectivity index (χ2n) is 29.6. The van der Waals surface area contributed by atoms with Crippen LogP contribution in [-0.2, 0) is 76.6 Å². The van der Waals surface area contributed by atoms with Crippen molar-refractivity contribution in [2.24, 2.45) is 29.6 Å². The number of alkyl halides is 3. The van der Waals surface area contributed by atoms with Crippen molar-refractivity contribution in [2.75, 3.05) is 76.5 Å². The minimum absolute atomic E-state index is 0.00184. The van der Waals surface area contributed by atoms with Gasteiger partial charge in [0.1, 0.15) is 60.4 Å². The highest BCUT2D eigenvalue weighted by atomic mass is 35.5. The monoisotopic (exact) mass is 1470 g/mol. The topological polar surface area (TPSA) is 283 Å². The maximum absolute atomic E-state index is 15.5. The van der Waals surface area contributed by atoms with E-state index < -0.39 is 179 Å². The Kier molecular flexibility index (Phi) is 30.1. The van der Waals surface area contributed by atoms with E-state index in [0.717, 1.165) is 58.9 Å². The number of aromatic nitrogens is 1. The molecule has 2 aliphatic heterocycles. The molecule has 4 fully saturated rings. The lowest BCUT2D eigenvalue weighted by Crippen LogP contribution is -2.65. The van der Waals surface area contributed by atoms with Crippen LogP contribution in [0.5, 0.6) is 0 Å². The molecule has 102 heavy (non-hydrogen) atoms. The normalized spacial score (nSPS) is 26.5. The lowest BCUT2D eigenvalue weighted by Gasteiger charge is -2.45. The Labute approximate surface area is 608 Å². The first-order valence-corrected chi connectivity index (χ1v) is 37.1. The average molecular weight is 1470 g/mol. The van der Waals surface area contributed by atoms with Gasteiger partial charge in [-0.05, 0) is 99.2 Å². The molecule has 568 valence electrons. The van der Waals surface area contributed by atoms with Crippen LogP contribution in [0.1, 0.15) is 162 Å². The van der Waals surface area contributed by atoms with Crippen LogP contribution in [0.15, 0.2) is 29.1 Å². The van der Waals surface area contributed by atoms with Crippen LogP contribution in [0, 0.1) is 29.6 Å². The van der Waals surface area contributed by atoms with Gasteiger partial charge in [0.15, 0.2) is 0 Å². The summed E-state index contributed by atoms with van der Waals surface area (Å²) in [5, 5.41) is 9.58. The number of aryl methyl sites for hydroxylation is 1. The van der Waals surface area contributed by atoms with Gasteiger partial charge in [0.05, 0.1) is 34.8 Å². The SMILES string of the molecule is CC[C@H](C)[C@@H]1NC(=O)[C@H](CC(C)C)N(C)C(=O)C[C@@H](C(=O)N(C)C)N(C)C(=O)[C@H](C2CCCC2)N(C)C(=O)[C@H](C(C)C)NC(=O)[C@H](Cc2cscn2)N(C)C(=O)[C@H](CCc2ccc(C(F)(F)F)c(Cl)c2)NC(=O)CN(C)C(=O)[C@H](CC2CCCCC2)N(C)C(=O)[C@@H]2CCN2C(=O)[C@H](C)N(C)C1=O. The zero-order valence-electron chi connectivity index (χ0n) is 62.3. The summed E-state index contributed by atoms with van der Waals surface area (Å²) in [6.45, 7) is 11.6. The van der Waals surface area contributed by atoms with Gasteiger partial charge in [-0.15, -0.1) is 11.3 Å². The number of rotatable bonds is 14. The first kappa shape index (κ1) is 83.5. The third-order valence-electron chi connectivity index (χ3n) is 21.3. The first-order valence-electron chi connectivity index (χ1n) is 35.8. The number of carbonyl (C=O) groups is 12. The van der Waals surface area contributed by atoms with Crippen molar-refractivity contribution in [3.05, 3.63) is 50.9 Å². The van der Waals surface area contributed by atoms with Gasteiger partial charge in [-0.25, -0.2) is 4.98 Å². The smallest absolute Gasteiger partial charge is 0.347 e. The summed E-state index contributed by atoms with van der Waals surface area (Å²) in [5.41, 5.74) is 1.06. The van der Waals surface area contributed by atoms with Gasteiger partial charge in [-0.2, -0.15) is 13.2 Å². The molecule has 2 aromatic rings. The Hall–Kier alpha value is -7.43. The molecule has 2 saturated heterocycles. The van der Waals surface area contributed by atoms with Gasteiger partial charge < -0.3 is 60.0 Å². The standard InChI is InChI=1S/C72H109ClF3N13O12S/c1-17-43(6)60-70(100)83(11)44(7)64(94)89-32-31-52(89)68(98)86(14)55(35-45-23-19-18-20-24-45)67(97)82(10)38-57(90)78-51(30-28-46-27-29-49(50(73)34-46)72(74,75)76)65(95)85(13)54(36-48-39-102-40-77-48)63(93)79-59(42(4)5)69(99)88(16)61(47-25-21-22-26-47)71(101)87(15)56(66(96)81(8)9)37-58(91)84(12)53(33-41(2)3)62(92)80-60/h27,29,34,39-45,47,51-56,59-61H,17-26,28,30-33,35-38H2,1-16H3,(H,78,90)(H,79,93)(H,80,92)/t43-,44-,51-,52-,53-,54-,55-,56-,59-,60-,61-/m0/s1. The molecule has 25 nitrogen and oxygen atoms in total. The Morgan fingerprint density at radius 1 is 0.686 bits per heavy atom. The third kappa shape index (κ3) is 20.7. The fourth-order valence-corrected chi connectivity index (χ4v) is 15.2. The van der Waals surface area contributed by atoms with E-state index >= 15 is 24.0 Å². The number of hydrogen-bond acceptors (Lipinski definition) is 14. The molecule has 4 aliphatic rings. The molecular formula is C72H109ClF3N13O12S. The molecule has 6 rings (SSSR count). The van der Waals surface area contributed by atoms with Gasteiger partial charge in [-0.3, -0.25) is 57.5 Å². The Balaban J connectivity index is 1.47. The number of carbonyl (C=O) groups excluding carboxylic acids is 12. The van der Waals surface area contributed by atoms with Crippen LogP contribution in [0.4, 0.5) is 13.2 Å². The molecule has 0 unspecified atom stereocenters. The van der Waals surface area contributed by atoms with E-state index in [-0.39, 0.29) is 62.5 Å². The molecule has 0 radical (unpaired) electrons. The van der Waals surface area contributed by atoms with E-state index in [1.54, 1.807) is 26.2 Å². The Morgan fingerprint density at radius 3 is 1.83 bits per heavy atom. The predicted octanol–water partition coefficient (Wildman–Crippen LogP) is 5.89. The van der Waals surface area contributed by atoms with Crippen LogP contribution >= 0.6 is 22.9 Å². The summed E-state index contributed by atoms with van der Waals surface area (Å²) in [4.78, 5) is 195. The fourth-order valence-electron chi connectivity index (χ4n) is 14.3. The quantitative estimate of drug-likeness (QED) is 0.199. The number of benzene rings is 1. The largest absolute Gasteiger partial charge is 0.417 e. The van der Waals surface area contributed by atoms with Crippen molar-refractivity contribution in [3.8, 4) is 0 Å². The molecule has 2 aliphatic carbocycles. The highest BCUT2D eigenvalue weighted by molar-refractivity contribution is 7.07. The van der Waals surface area contributed by atoms with E-state index in [2.05, 4.69) is 20.9 Å². The van der Waals surface area contributed by atoms with Gasteiger partial charge >= 0.3 is 6.18 Å². The molecule has 0 bridgehead atoms. The van der Waals surface area contributed by atoms with Crippen molar-refractivity contribution < 1.29 is 70.7 Å².